The molecular formula is C13H20N2O2. The van der Waals surface area contributed by atoms with E-state index in [1.54, 1.807) is 13.0 Å². The second kappa shape index (κ2) is 5.83. The van der Waals surface area contributed by atoms with E-state index in [0.29, 0.717) is 19.6 Å². The summed E-state index contributed by atoms with van der Waals surface area (Å²) in [5.41, 5.74) is -0.692. The Hall–Kier alpha value is -1.34. The first-order chi connectivity index (χ1) is 8.08. The molecule has 94 valence electrons. The molecule has 0 N–H and O–H groups in total. The molecule has 1 fully saturated rings. The third-order valence-corrected chi connectivity index (χ3v) is 3.34. The summed E-state index contributed by atoms with van der Waals surface area (Å²) < 4.78 is 5.13. The van der Waals surface area contributed by atoms with Gasteiger partial charge in [-0.25, -0.2) is 0 Å². The lowest BCUT2D eigenvalue weighted by Crippen LogP contribution is -2.57. The van der Waals surface area contributed by atoms with E-state index in [9.17, 15) is 4.79 Å². The number of hydrogen-bond acceptors (Lipinski definition) is 4. The highest BCUT2D eigenvalue weighted by atomic mass is 16.5. The number of piperidine rings is 1. The van der Waals surface area contributed by atoms with Crippen LogP contribution in [0.4, 0.5) is 0 Å². The zero-order chi connectivity index (χ0) is 12.9. The van der Waals surface area contributed by atoms with Gasteiger partial charge >= 0.3 is 5.97 Å². The van der Waals surface area contributed by atoms with Gasteiger partial charge in [0.05, 0.1) is 12.7 Å². The van der Waals surface area contributed by atoms with Gasteiger partial charge in [-0.2, -0.15) is 5.26 Å². The summed E-state index contributed by atoms with van der Waals surface area (Å²) in [4.78, 5) is 14.1. The highest BCUT2D eigenvalue weighted by molar-refractivity contribution is 5.80. The molecule has 1 rings (SSSR count). The van der Waals surface area contributed by atoms with Crippen LogP contribution in [-0.2, 0) is 9.53 Å². The Bertz CT molecular complexity index is 335. The molecule has 1 aliphatic heterocycles. The molecule has 0 aliphatic carbocycles. The number of likely N-dealkylation sites (tertiary alicyclic amines) is 1. The van der Waals surface area contributed by atoms with E-state index in [-0.39, 0.29) is 11.9 Å². The first-order valence-electron chi connectivity index (χ1n) is 6.01. The van der Waals surface area contributed by atoms with E-state index < -0.39 is 5.54 Å². The molecule has 1 heterocycles. The van der Waals surface area contributed by atoms with Crippen LogP contribution in [0.25, 0.3) is 0 Å². The Morgan fingerprint density at radius 2 is 2.47 bits per heavy atom. The van der Waals surface area contributed by atoms with Gasteiger partial charge in [0.1, 0.15) is 5.54 Å². The van der Waals surface area contributed by atoms with E-state index >= 15 is 0 Å². The maximum Gasteiger partial charge on any atom is 0.326 e. The van der Waals surface area contributed by atoms with Crippen LogP contribution in [0.2, 0.25) is 0 Å². The molecule has 0 aromatic heterocycles. The van der Waals surface area contributed by atoms with Crippen LogP contribution in [-0.4, -0.2) is 36.1 Å². The van der Waals surface area contributed by atoms with Crippen molar-refractivity contribution in [2.75, 3.05) is 19.7 Å². The Morgan fingerprint density at radius 3 is 3.00 bits per heavy atom. The van der Waals surface area contributed by atoms with Crippen LogP contribution in [0.3, 0.4) is 0 Å². The number of carbonyl (C=O) groups excluding carboxylic acids is 1. The quantitative estimate of drug-likeness (QED) is 0.551. The fraction of sp³-hybridized carbons (Fsp3) is 0.692. The minimum absolute atomic E-state index is 0.0644. The van der Waals surface area contributed by atoms with E-state index in [0.717, 1.165) is 13.0 Å². The number of esters is 1. The Morgan fingerprint density at radius 1 is 1.76 bits per heavy atom. The van der Waals surface area contributed by atoms with Crippen LogP contribution < -0.4 is 0 Å². The van der Waals surface area contributed by atoms with Gasteiger partial charge in [0.2, 0.25) is 0 Å². The van der Waals surface area contributed by atoms with Crippen molar-refractivity contribution in [1.29, 1.82) is 5.26 Å². The van der Waals surface area contributed by atoms with Crippen molar-refractivity contribution in [3.63, 3.8) is 0 Å². The second-order valence-corrected chi connectivity index (χ2v) is 4.55. The molecule has 0 spiro atoms. The van der Waals surface area contributed by atoms with Gasteiger partial charge in [-0.1, -0.05) is 6.08 Å². The number of nitrogens with zero attached hydrogens (tertiary/aromatic N) is 2. The molecule has 4 nitrogen and oxygen atoms in total. The van der Waals surface area contributed by atoms with Crippen LogP contribution in [0.1, 0.15) is 26.7 Å². The van der Waals surface area contributed by atoms with E-state index in [1.807, 2.05) is 11.8 Å². The third-order valence-electron chi connectivity index (χ3n) is 3.34. The van der Waals surface area contributed by atoms with Crippen molar-refractivity contribution in [3.8, 4) is 6.07 Å². The summed E-state index contributed by atoms with van der Waals surface area (Å²) in [6.07, 6.45) is 3.12. The Balaban J connectivity index is 2.88. The van der Waals surface area contributed by atoms with Crippen molar-refractivity contribution in [2.24, 2.45) is 5.92 Å². The number of hydrogen-bond donors (Lipinski definition) is 0. The zero-order valence-electron chi connectivity index (χ0n) is 10.6. The summed E-state index contributed by atoms with van der Waals surface area (Å²) in [6.45, 7) is 9.11. The van der Waals surface area contributed by atoms with Gasteiger partial charge in [-0.15, -0.1) is 6.58 Å². The Kier molecular flexibility index (Phi) is 4.71. The molecule has 0 radical (unpaired) electrons. The predicted octanol–water partition coefficient (Wildman–Crippen LogP) is 1.73. The van der Waals surface area contributed by atoms with Gasteiger partial charge in [-0.05, 0) is 26.7 Å². The van der Waals surface area contributed by atoms with Gasteiger partial charge in [-0.3, -0.25) is 9.69 Å². The van der Waals surface area contributed by atoms with Crippen molar-refractivity contribution < 1.29 is 9.53 Å². The number of rotatable bonds is 4. The molecule has 0 aromatic carbocycles. The second-order valence-electron chi connectivity index (χ2n) is 4.55. The fourth-order valence-corrected chi connectivity index (χ4v) is 2.33. The summed E-state index contributed by atoms with van der Waals surface area (Å²) in [5.74, 6) is -0.299. The topological polar surface area (TPSA) is 53.3 Å². The molecular weight excluding hydrogens is 216 g/mol. The SMILES string of the molecule is C=CCN1CCC(C#N)CC1(C)C(=O)OCC. The normalized spacial score (nSPS) is 29.4. The first kappa shape index (κ1) is 13.7. The van der Waals surface area contributed by atoms with Gasteiger partial charge < -0.3 is 4.74 Å². The summed E-state index contributed by atoms with van der Waals surface area (Å²) in [6, 6.07) is 2.26. The third kappa shape index (κ3) is 2.86. The smallest absolute Gasteiger partial charge is 0.326 e. The van der Waals surface area contributed by atoms with Crippen molar-refractivity contribution >= 4 is 5.97 Å². The Labute approximate surface area is 103 Å². The van der Waals surface area contributed by atoms with Crippen LogP contribution in [0.15, 0.2) is 12.7 Å². The maximum absolute atomic E-state index is 12.1. The lowest BCUT2D eigenvalue weighted by atomic mass is 9.82. The number of carbonyl (C=O) groups is 1. The van der Waals surface area contributed by atoms with Gasteiger partial charge in [0, 0.05) is 19.0 Å². The molecule has 0 saturated carbocycles. The lowest BCUT2D eigenvalue weighted by molar-refractivity contribution is -0.159. The maximum atomic E-state index is 12.1. The molecule has 0 bridgehead atoms. The van der Waals surface area contributed by atoms with Crippen LogP contribution in [0, 0.1) is 17.2 Å². The molecule has 17 heavy (non-hydrogen) atoms. The largest absolute Gasteiger partial charge is 0.465 e. The van der Waals surface area contributed by atoms with Gasteiger partial charge in [0.25, 0.3) is 0 Å². The lowest BCUT2D eigenvalue weighted by Gasteiger charge is -2.43. The van der Waals surface area contributed by atoms with E-state index in [2.05, 4.69) is 12.6 Å². The summed E-state index contributed by atoms with van der Waals surface area (Å²) >= 11 is 0. The number of ether oxygens (including phenoxy) is 1. The predicted molar refractivity (Wildman–Crippen MR) is 65.1 cm³/mol. The fourth-order valence-electron chi connectivity index (χ4n) is 2.33. The summed E-state index contributed by atoms with van der Waals surface area (Å²) in [7, 11) is 0. The highest BCUT2D eigenvalue weighted by Gasteiger charge is 2.45. The van der Waals surface area contributed by atoms with Crippen molar-refractivity contribution in [1.82, 2.24) is 4.90 Å². The van der Waals surface area contributed by atoms with Crippen molar-refractivity contribution in [3.05, 3.63) is 12.7 Å². The van der Waals surface area contributed by atoms with Crippen molar-refractivity contribution in [2.45, 2.75) is 32.2 Å². The number of nitriles is 1. The van der Waals surface area contributed by atoms with Crippen LogP contribution >= 0.6 is 0 Å². The molecule has 1 saturated heterocycles. The monoisotopic (exact) mass is 236 g/mol. The standard InChI is InChI=1S/C13H20N2O2/c1-4-7-15-8-6-11(10-14)9-13(15,3)12(16)17-5-2/h4,11H,1,5-9H2,2-3H3. The minimum Gasteiger partial charge on any atom is -0.465 e. The average molecular weight is 236 g/mol. The zero-order valence-corrected chi connectivity index (χ0v) is 10.6. The minimum atomic E-state index is -0.692. The molecule has 2 atom stereocenters. The van der Waals surface area contributed by atoms with E-state index in [1.165, 1.54) is 0 Å². The van der Waals surface area contributed by atoms with Gasteiger partial charge in [0.15, 0.2) is 0 Å². The molecule has 2 unspecified atom stereocenters. The molecule has 1 aliphatic rings. The average Bonchev–Trinajstić information content (AvgIpc) is 2.32. The molecule has 0 amide bonds. The summed E-state index contributed by atoms with van der Waals surface area (Å²) in [5, 5.41) is 9.01. The molecule has 4 heteroatoms. The highest BCUT2D eigenvalue weighted by Crippen LogP contribution is 2.32. The molecule has 0 aromatic rings. The van der Waals surface area contributed by atoms with Crippen LogP contribution in [0.5, 0.6) is 0 Å². The first-order valence-corrected chi connectivity index (χ1v) is 6.01. The van der Waals surface area contributed by atoms with E-state index in [4.69, 9.17) is 10.00 Å².